The number of imidazole rings is 1. The Hall–Kier alpha value is -1.19. The van der Waals surface area contributed by atoms with Gasteiger partial charge in [0.2, 0.25) is 10.0 Å². The first-order chi connectivity index (χ1) is 10.9. The molecule has 24 heavy (non-hydrogen) atoms. The fraction of sp³-hybridized carbons (Fsp3) is 0.357. The van der Waals surface area contributed by atoms with Crippen molar-refractivity contribution in [3.8, 4) is 0 Å². The molecule has 132 valence electrons. The van der Waals surface area contributed by atoms with E-state index in [1.54, 1.807) is 24.0 Å². The van der Waals surface area contributed by atoms with E-state index in [1.165, 1.54) is 16.4 Å². The average molecular weight is 395 g/mol. The third kappa shape index (κ3) is 3.43. The van der Waals surface area contributed by atoms with Gasteiger partial charge in [-0.2, -0.15) is 4.31 Å². The lowest BCUT2D eigenvalue weighted by Gasteiger charge is -2.34. The molecule has 1 fully saturated rings. The molecule has 0 aliphatic carbocycles. The molecular formula is C14H17Cl2FN4O2S. The number of piperazine rings is 1. The maximum Gasteiger partial charge on any atom is 0.246 e. The topological polar surface area (TPSA) is 67.2 Å². The van der Waals surface area contributed by atoms with Crippen LogP contribution in [0.25, 0.3) is 0 Å². The van der Waals surface area contributed by atoms with E-state index in [2.05, 4.69) is 10.3 Å². The molecule has 2 aromatic rings. The molecule has 1 aromatic heterocycles. The Balaban J connectivity index is 0.00000208. The van der Waals surface area contributed by atoms with Gasteiger partial charge in [0.05, 0.1) is 6.04 Å². The highest BCUT2D eigenvalue weighted by atomic mass is 35.5. The molecule has 0 radical (unpaired) electrons. The van der Waals surface area contributed by atoms with E-state index in [0.717, 1.165) is 6.07 Å². The number of nitrogens with zero attached hydrogens (tertiary/aromatic N) is 3. The highest BCUT2D eigenvalue weighted by Gasteiger charge is 2.37. The zero-order valence-corrected chi connectivity index (χ0v) is 15.2. The Bertz CT molecular complexity index is 828. The van der Waals surface area contributed by atoms with Crippen molar-refractivity contribution in [1.29, 1.82) is 0 Å². The average Bonchev–Trinajstić information content (AvgIpc) is 2.93. The molecule has 1 aliphatic rings. The van der Waals surface area contributed by atoms with Gasteiger partial charge in [0.15, 0.2) is 0 Å². The van der Waals surface area contributed by atoms with Gasteiger partial charge in [-0.25, -0.2) is 17.8 Å². The summed E-state index contributed by atoms with van der Waals surface area (Å²) in [6, 6.07) is 3.08. The summed E-state index contributed by atoms with van der Waals surface area (Å²) in [6.07, 6.45) is 3.36. The second kappa shape index (κ2) is 7.37. The summed E-state index contributed by atoms with van der Waals surface area (Å²) < 4.78 is 43.0. The van der Waals surface area contributed by atoms with Crippen molar-refractivity contribution in [2.45, 2.75) is 10.9 Å². The fourth-order valence-corrected chi connectivity index (χ4v) is 4.49. The Kier molecular flexibility index (Phi) is 5.87. The summed E-state index contributed by atoms with van der Waals surface area (Å²) in [5.74, 6) is -0.246. The normalized spacial score (nSPS) is 19.0. The van der Waals surface area contributed by atoms with Crippen LogP contribution in [0.15, 0.2) is 35.5 Å². The molecule has 3 rings (SSSR count). The number of hydrogen-bond acceptors (Lipinski definition) is 4. The van der Waals surface area contributed by atoms with Gasteiger partial charge in [0.25, 0.3) is 0 Å². The monoisotopic (exact) mass is 394 g/mol. The van der Waals surface area contributed by atoms with Gasteiger partial charge in [0.1, 0.15) is 16.5 Å². The summed E-state index contributed by atoms with van der Waals surface area (Å²) in [5.41, 5.74) is 0. The lowest BCUT2D eigenvalue weighted by Crippen LogP contribution is -2.49. The lowest BCUT2D eigenvalue weighted by molar-refractivity contribution is 0.257. The first kappa shape index (κ1) is 19.1. The molecule has 1 unspecified atom stereocenters. The molecule has 2 heterocycles. The first-order valence-corrected chi connectivity index (χ1v) is 8.88. The Morgan fingerprint density at radius 1 is 1.42 bits per heavy atom. The molecule has 0 bridgehead atoms. The van der Waals surface area contributed by atoms with Crippen LogP contribution in [0, 0.1) is 5.82 Å². The number of aryl methyl sites for hydroxylation is 1. The predicted octanol–water partition coefficient (Wildman–Crippen LogP) is 1.97. The van der Waals surface area contributed by atoms with Crippen LogP contribution in [0.5, 0.6) is 0 Å². The van der Waals surface area contributed by atoms with Crippen molar-refractivity contribution in [3.05, 3.63) is 47.3 Å². The Labute approximate surface area is 151 Å². The predicted molar refractivity (Wildman–Crippen MR) is 91.4 cm³/mol. The molecule has 1 aromatic carbocycles. The van der Waals surface area contributed by atoms with E-state index in [-0.39, 0.29) is 28.9 Å². The van der Waals surface area contributed by atoms with Gasteiger partial charge in [-0.15, -0.1) is 12.4 Å². The fourth-order valence-electron chi connectivity index (χ4n) is 2.70. The largest absolute Gasteiger partial charge is 0.337 e. The van der Waals surface area contributed by atoms with Crippen molar-refractivity contribution in [2.24, 2.45) is 7.05 Å². The molecule has 0 saturated carbocycles. The third-order valence-electron chi connectivity index (χ3n) is 3.83. The molecule has 1 aliphatic heterocycles. The molecule has 1 atom stereocenters. The number of sulfonamides is 1. The summed E-state index contributed by atoms with van der Waals surface area (Å²) in [4.78, 5) is 3.86. The Morgan fingerprint density at radius 3 is 2.79 bits per heavy atom. The van der Waals surface area contributed by atoms with Gasteiger partial charge >= 0.3 is 0 Å². The maximum absolute atomic E-state index is 14.1. The van der Waals surface area contributed by atoms with Gasteiger partial charge in [-0.1, -0.05) is 11.6 Å². The van der Waals surface area contributed by atoms with Crippen LogP contribution in [0.3, 0.4) is 0 Å². The summed E-state index contributed by atoms with van der Waals surface area (Å²) >= 11 is 5.71. The van der Waals surface area contributed by atoms with E-state index < -0.39 is 21.9 Å². The van der Waals surface area contributed by atoms with Crippen molar-refractivity contribution in [3.63, 3.8) is 0 Å². The van der Waals surface area contributed by atoms with Crippen molar-refractivity contribution in [1.82, 2.24) is 19.2 Å². The molecular weight excluding hydrogens is 378 g/mol. The van der Waals surface area contributed by atoms with E-state index in [4.69, 9.17) is 11.6 Å². The van der Waals surface area contributed by atoms with E-state index in [1.807, 2.05) is 0 Å². The quantitative estimate of drug-likeness (QED) is 0.863. The number of nitrogens with one attached hydrogen (secondary N) is 1. The molecule has 0 spiro atoms. The number of halogens is 3. The zero-order valence-electron chi connectivity index (χ0n) is 12.8. The highest BCUT2D eigenvalue weighted by molar-refractivity contribution is 7.89. The van der Waals surface area contributed by atoms with E-state index >= 15 is 0 Å². The minimum Gasteiger partial charge on any atom is -0.337 e. The first-order valence-electron chi connectivity index (χ1n) is 7.06. The zero-order chi connectivity index (χ0) is 16.6. The molecule has 0 amide bonds. The van der Waals surface area contributed by atoms with Crippen molar-refractivity contribution < 1.29 is 12.8 Å². The van der Waals surface area contributed by atoms with Gasteiger partial charge in [-0.3, -0.25) is 0 Å². The molecule has 6 nitrogen and oxygen atoms in total. The lowest BCUT2D eigenvalue weighted by atomic mass is 10.2. The molecule has 1 N–H and O–H groups in total. The number of aromatic nitrogens is 2. The minimum absolute atomic E-state index is 0. The van der Waals surface area contributed by atoms with Crippen LogP contribution in [0.4, 0.5) is 4.39 Å². The summed E-state index contributed by atoms with van der Waals surface area (Å²) in [5, 5.41) is 3.31. The number of rotatable bonds is 3. The van der Waals surface area contributed by atoms with E-state index in [9.17, 15) is 12.8 Å². The summed E-state index contributed by atoms with van der Waals surface area (Å²) in [6.45, 7) is 1.15. The van der Waals surface area contributed by atoms with Crippen LogP contribution in [0.2, 0.25) is 5.02 Å². The van der Waals surface area contributed by atoms with Crippen molar-refractivity contribution in [2.75, 3.05) is 19.6 Å². The van der Waals surface area contributed by atoms with Crippen LogP contribution in [-0.2, 0) is 17.1 Å². The number of hydrogen-bond donors (Lipinski definition) is 1. The number of benzene rings is 1. The molecule has 1 saturated heterocycles. The van der Waals surface area contributed by atoms with Gasteiger partial charge < -0.3 is 9.88 Å². The Morgan fingerprint density at radius 2 is 2.17 bits per heavy atom. The van der Waals surface area contributed by atoms with Crippen LogP contribution in [-0.4, -0.2) is 41.9 Å². The van der Waals surface area contributed by atoms with Crippen LogP contribution in [0.1, 0.15) is 11.9 Å². The minimum atomic E-state index is -4.00. The summed E-state index contributed by atoms with van der Waals surface area (Å²) in [7, 11) is -2.20. The van der Waals surface area contributed by atoms with E-state index in [0.29, 0.717) is 18.9 Å². The smallest absolute Gasteiger partial charge is 0.246 e. The van der Waals surface area contributed by atoms with Crippen LogP contribution < -0.4 is 5.32 Å². The van der Waals surface area contributed by atoms with Crippen LogP contribution >= 0.6 is 24.0 Å². The van der Waals surface area contributed by atoms with Gasteiger partial charge in [-0.05, 0) is 18.2 Å². The third-order valence-corrected chi connectivity index (χ3v) is 6.01. The second-order valence-electron chi connectivity index (χ2n) is 5.31. The standard InChI is InChI=1S/C14H16ClFN4O2S.ClH/c1-19-6-5-18-14(19)12-9-17-4-7-20(12)23(21,22)13-3-2-10(15)8-11(13)16;/h2-3,5-6,8,12,17H,4,7,9H2,1H3;1H. The van der Waals surface area contributed by atoms with Gasteiger partial charge in [0, 0.05) is 44.1 Å². The second-order valence-corrected chi connectivity index (χ2v) is 7.60. The van der Waals surface area contributed by atoms with Crippen molar-refractivity contribution >= 4 is 34.0 Å². The molecule has 10 heteroatoms. The maximum atomic E-state index is 14.1. The SMILES string of the molecule is Cl.Cn1ccnc1C1CNCCN1S(=O)(=O)c1ccc(Cl)cc1F. The highest BCUT2D eigenvalue weighted by Crippen LogP contribution is 2.30.